The molecule has 0 amide bonds. The molecule has 0 saturated carbocycles. The van der Waals surface area contributed by atoms with E-state index in [0.717, 1.165) is 5.56 Å². The van der Waals surface area contributed by atoms with Crippen LogP contribution < -0.4 is 0 Å². The maximum Gasteiger partial charge on any atom is 0.355 e. The SMILES string of the molecule is CCOC(=O)c1c(-c2ccccc2)c(C(=O)OCCCCl)n(CC)c1C. The highest BCUT2D eigenvalue weighted by atomic mass is 35.5. The Morgan fingerprint density at radius 3 is 2.35 bits per heavy atom. The van der Waals surface area contributed by atoms with Crippen molar-refractivity contribution in [2.75, 3.05) is 19.1 Å². The van der Waals surface area contributed by atoms with Crippen LogP contribution in [-0.4, -0.2) is 35.6 Å². The zero-order valence-electron chi connectivity index (χ0n) is 15.4. The minimum atomic E-state index is -0.463. The van der Waals surface area contributed by atoms with Gasteiger partial charge in [0.05, 0.1) is 18.8 Å². The summed E-state index contributed by atoms with van der Waals surface area (Å²) in [4.78, 5) is 25.4. The number of rotatable bonds is 8. The number of ether oxygens (including phenoxy) is 2. The Morgan fingerprint density at radius 2 is 1.77 bits per heavy atom. The number of carbonyl (C=O) groups is 2. The Kier molecular flexibility index (Phi) is 7.27. The average molecular weight is 378 g/mol. The van der Waals surface area contributed by atoms with E-state index >= 15 is 0 Å². The number of hydrogen-bond acceptors (Lipinski definition) is 4. The Bertz CT molecular complexity index is 768. The summed E-state index contributed by atoms with van der Waals surface area (Å²) in [5, 5.41) is 0. The monoisotopic (exact) mass is 377 g/mol. The Hall–Kier alpha value is -2.27. The third-order valence-corrected chi connectivity index (χ3v) is 4.35. The van der Waals surface area contributed by atoms with Crippen LogP contribution in [0, 0.1) is 6.92 Å². The second-order valence-corrected chi connectivity index (χ2v) is 6.07. The van der Waals surface area contributed by atoms with Crippen molar-refractivity contribution in [2.45, 2.75) is 33.7 Å². The number of carbonyl (C=O) groups excluding carboxylic acids is 2. The van der Waals surface area contributed by atoms with Crippen LogP contribution in [0.2, 0.25) is 0 Å². The van der Waals surface area contributed by atoms with Crippen molar-refractivity contribution in [2.24, 2.45) is 0 Å². The molecule has 0 bridgehead atoms. The lowest BCUT2D eigenvalue weighted by atomic mass is 10.00. The quantitative estimate of drug-likeness (QED) is 0.387. The van der Waals surface area contributed by atoms with Gasteiger partial charge in [-0.1, -0.05) is 30.3 Å². The van der Waals surface area contributed by atoms with Gasteiger partial charge < -0.3 is 14.0 Å². The molecule has 0 aliphatic rings. The van der Waals surface area contributed by atoms with Crippen LogP contribution in [0.15, 0.2) is 30.3 Å². The Morgan fingerprint density at radius 1 is 1.08 bits per heavy atom. The lowest BCUT2D eigenvalue weighted by Gasteiger charge is -2.11. The van der Waals surface area contributed by atoms with Gasteiger partial charge in [0.15, 0.2) is 0 Å². The lowest BCUT2D eigenvalue weighted by molar-refractivity contribution is 0.0493. The molecule has 5 nitrogen and oxygen atoms in total. The first-order valence-corrected chi connectivity index (χ1v) is 9.28. The molecule has 0 atom stereocenters. The number of hydrogen-bond donors (Lipinski definition) is 0. The highest BCUT2D eigenvalue weighted by molar-refractivity contribution is 6.17. The first-order chi connectivity index (χ1) is 12.6. The molecule has 0 unspecified atom stereocenters. The lowest BCUT2D eigenvalue weighted by Crippen LogP contribution is -2.14. The van der Waals surface area contributed by atoms with E-state index < -0.39 is 11.9 Å². The van der Waals surface area contributed by atoms with Gasteiger partial charge in [-0.25, -0.2) is 9.59 Å². The normalized spacial score (nSPS) is 10.6. The number of aromatic nitrogens is 1. The Balaban J connectivity index is 2.66. The second-order valence-electron chi connectivity index (χ2n) is 5.69. The standard InChI is InChI=1S/C20H24ClNO4/c1-4-22-14(3)16(19(23)25-5-2)17(15-10-7-6-8-11-15)18(22)20(24)26-13-9-12-21/h6-8,10-11H,4-5,9,12-13H2,1-3H3. The van der Waals surface area contributed by atoms with Gasteiger partial charge in [-0.15, -0.1) is 11.6 Å². The molecule has 6 heteroatoms. The zero-order chi connectivity index (χ0) is 19.1. The molecule has 0 N–H and O–H groups in total. The van der Waals surface area contributed by atoms with Gasteiger partial charge in [-0.3, -0.25) is 0 Å². The number of esters is 2. The Labute approximate surface area is 158 Å². The van der Waals surface area contributed by atoms with Crippen LogP contribution >= 0.6 is 11.6 Å². The van der Waals surface area contributed by atoms with E-state index in [-0.39, 0.29) is 13.2 Å². The summed E-state index contributed by atoms with van der Waals surface area (Å²) in [6, 6.07) is 9.35. The minimum Gasteiger partial charge on any atom is -0.462 e. The van der Waals surface area contributed by atoms with Crippen molar-refractivity contribution in [3.05, 3.63) is 47.3 Å². The van der Waals surface area contributed by atoms with Gasteiger partial charge in [-0.05, 0) is 32.8 Å². The van der Waals surface area contributed by atoms with Gasteiger partial charge in [0.2, 0.25) is 0 Å². The van der Waals surface area contributed by atoms with Gasteiger partial charge in [-0.2, -0.15) is 0 Å². The van der Waals surface area contributed by atoms with E-state index in [2.05, 4.69) is 0 Å². The average Bonchev–Trinajstić information content (AvgIpc) is 2.95. The summed E-state index contributed by atoms with van der Waals surface area (Å²) in [6.45, 7) is 6.53. The molecule has 2 rings (SSSR count). The fourth-order valence-corrected chi connectivity index (χ4v) is 3.08. The summed E-state index contributed by atoms with van der Waals surface area (Å²) in [5.74, 6) is -0.485. The van der Waals surface area contributed by atoms with Crippen LogP contribution in [0.1, 0.15) is 46.8 Å². The molecule has 1 heterocycles. The van der Waals surface area contributed by atoms with E-state index in [1.807, 2.05) is 44.2 Å². The van der Waals surface area contributed by atoms with E-state index in [1.54, 1.807) is 11.5 Å². The van der Waals surface area contributed by atoms with E-state index in [4.69, 9.17) is 21.1 Å². The molecule has 2 aromatic rings. The van der Waals surface area contributed by atoms with Crippen molar-refractivity contribution in [3.8, 4) is 11.1 Å². The summed E-state index contributed by atoms with van der Waals surface area (Å²) >= 11 is 5.66. The smallest absolute Gasteiger partial charge is 0.355 e. The predicted molar refractivity (Wildman–Crippen MR) is 102 cm³/mol. The summed E-state index contributed by atoms with van der Waals surface area (Å²) < 4.78 is 12.4. The molecule has 0 radical (unpaired) electrons. The van der Waals surface area contributed by atoms with Crippen molar-refractivity contribution >= 4 is 23.5 Å². The summed E-state index contributed by atoms with van der Waals surface area (Å²) in [5.41, 5.74) is 2.79. The van der Waals surface area contributed by atoms with Gasteiger partial charge in [0.25, 0.3) is 0 Å². The van der Waals surface area contributed by atoms with E-state index in [1.165, 1.54) is 0 Å². The van der Waals surface area contributed by atoms with Crippen molar-refractivity contribution in [1.29, 1.82) is 0 Å². The van der Waals surface area contributed by atoms with Crippen LogP contribution in [0.4, 0.5) is 0 Å². The molecule has 1 aromatic carbocycles. The molecule has 26 heavy (non-hydrogen) atoms. The van der Waals surface area contributed by atoms with E-state index in [9.17, 15) is 9.59 Å². The molecule has 0 saturated heterocycles. The third kappa shape index (κ3) is 4.10. The maximum absolute atomic E-state index is 12.8. The maximum atomic E-state index is 12.8. The number of alkyl halides is 1. The van der Waals surface area contributed by atoms with Crippen LogP contribution in [0.5, 0.6) is 0 Å². The van der Waals surface area contributed by atoms with E-state index in [0.29, 0.717) is 41.4 Å². The summed E-state index contributed by atoms with van der Waals surface area (Å²) in [6.07, 6.45) is 0.574. The topological polar surface area (TPSA) is 57.5 Å². The third-order valence-electron chi connectivity index (χ3n) is 4.09. The second kappa shape index (κ2) is 9.43. The van der Waals surface area contributed by atoms with Crippen molar-refractivity contribution < 1.29 is 19.1 Å². The predicted octanol–water partition coefficient (Wildman–Crippen LogP) is 4.45. The number of benzene rings is 1. The first kappa shape index (κ1) is 20.0. The molecule has 0 spiro atoms. The number of nitrogens with zero attached hydrogens (tertiary/aromatic N) is 1. The van der Waals surface area contributed by atoms with Gasteiger partial charge in [0, 0.05) is 23.7 Å². The molecule has 1 aromatic heterocycles. The molecular weight excluding hydrogens is 354 g/mol. The van der Waals surface area contributed by atoms with Crippen LogP contribution in [0.3, 0.4) is 0 Å². The molecule has 0 aliphatic carbocycles. The zero-order valence-corrected chi connectivity index (χ0v) is 16.1. The molecular formula is C20H24ClNO4. The first-order valence-electron chi connectivity index (χ1n) is 8.75. The van der Waals surface area contributed by atoms with Crippen LogP contribution in [-0.2, 0) is 16.0 Å². The molecule has 0 fully saturated rings. The summed E-state index contributed by atoms with van der Waals surface area (Å²) in [7, 11) is 0. The fourth-order valence-electron chi connectivity index (χ4n) is 2.97. The van der Waals surface area contributed by atoms with Gasteiger partial charge >= 0.3 is 11.9 Å². The minimum absolute atomic E-state index is 0.235. The fraction of sp³-hybridized carbons (Fsp3) is 0.400. The highest BCUT2D eigenvalue weighted by Gasteiger charge is 2.30. The van der Waals surface area contributed by atoms with Crippen molar-refractivity contribution in [1.82, 2.24) is 4.57 Å². The highest BCUT2D eigenvalue weighted by Crippen LogP contribution is 2.34. The molecule has 140 valence electrons. The number of halogens is 1. The molecule has 0 aliphatic heterocycles. The van der Waals surface area contributed by atoms with Crippen molar-refractivity contribution in [3.63, 3.8) is 0 Å². The van der Waals surface area contributed by atoms with Crippen LogP contribution in [0.25, 0.3) is 11.1 Å². The largest absolute Gasteiger partial charge is 0.462 e. The van der Waals surface area contributed by atoms with Gasteiger partial charge in [0.1, 0.15) is 5.69 Å².